The smallest absolute Gasteiger partial charge is 0.254 e. The molecule has 3 rings (SSSR count). The minimum Gasteiger partial charge on any atom is -0.334 e. The van der Waals surface area contributed by atoms with Crippen molar-refractivity contribution in [1.82, 2.24) is 15.6 Å². The van der Waals surface area contributed by atoms with Crippen LogP contribution in [0.5, 0.6) is 0 Å². The van der Waals surface area contributed by atoms with Crippen LogP contribution in [0.15, 0.2) is 46.0 Å². The van der Waals surface area contributed by atoms with Crippen molar-refractivity contribution in [3.63, 3.8) is 0 Å². The maximum absolute atomic E-state index is 12.7. The van der Waals surface area contributed by atoms with Gasteiger partial charge in [-0.3, -0.25) is 9.78 Å². The average Bonchev–Trinajstić information content (AvgIpc) is 3.11. The summed E-state index contributed by atoms with van der Waals surface area (Å²) in [4.78, 5) is 29.3. The Labute approximate surface area is 173 Å². The Bertz CT molecular complexity index is 829. The number of nitrogens with zero attached hydrogens (tertiary/aromatic N) is 2. The van der Waals surface area contributed by atoms with Gasteiger partial charge in [0.05, 0.1) is 29.2 Å². The fourth-order valence-electron chi connectivity index (χ4n) is 3.28. The van der Waals surface area contributed by atoms with E-state index < -0.39 is 5.37 Å². The standard InChI is InChI=1S/C20H24N4O2S2/c1-3-5-17-18-14(11-21-17)10-15(12-22-18)19(25)23-20(28-24-26)13-6-8-16(9-7-13)27-4-2/h6-10,12,17,20-21H,3-5,11H2,1-2H3,(H,23,25)/t17-,20+/m1/s1. The van der Waals surface area contributed by atoms with Gasteiger partial charge in [0.2, 0.25) is 0 Å². The Morgan fingerprint density at radius 1 is 1.36 bits per heavy atom. The van der Waals surface area contributed by atoms with E-state index >= 15 is 0 Å². The van der Waals surface area contributed by atoms with Gasteiger partial charge in [0.25, 0.3) is 5.91 Å². The van der Waals surface area contributed by atoms with E-state index in [1.54, 1.807) is 18.0 Å². The van der Waals surface area contributed by atoms with Crippen molar-refractivity contribution in [3.8, 4) is 0 Å². The van der Waals surface area contributed by atoms with Crippen LogP contribution in [-0.4, -0.2) is 16.6 Å². The minimum atomic E-state index is -0.537. The van der Waals surface area contributed by atoms with E-state index in [0.29, 0.717) is 5.56 Å². The fourth-order valence-corrected chi connectivity index (χ4v) is 4.47. The molecule has 8 heteroatoms. The lowest BCUT2D eigenvalue weighted by atomic mass is 10.1. The maximum atomic E-state index is 12.7. The quantitative estimate of drug-likeness (QED) is 0.260. The summed E-state index contributed by atoms with van der Waals surface area (Å²) >= 11 is 2.54. The number of carbonyl (C=O) groups is 1. The number of benzene rings is 1. The first-order valence-corrected chi connectivity index (χ1v) is 11.2. The van der Waals surface area contributed by atoms with E-state index in [4.69, 9.17) is 0 Å². The molecule has 2 N–H and O–H groups in total. The van der Waals surface area contributed by atoms with Gasteiger partial charge in [0.15, 0.2) is 0 Å². The second-order valence-electron chi connectivity index (χ2n) is 6.53. The summed E-state index contributed by atoms with van der Waals surface area (Å²) in [7, 11) is 0. The van der Waals surface area contributed by atoms with E-state index in [2.05, 4.69) is 34.0 Å². The van der Waals surface area contributed by atoms with E-state index in [0.717, 1.165) is 58.8 Å². The van der Waals surface area contributed by atoms with Crippen LogP contribution in [0.1, 0.15) is 65.3 Å². The van der Waals surface area contributed by atoms with E-state index in [1.807, 2.05) is 30.3 Å². The molecule has 2 atom stereocenters. The first kappa shape index (κ1) is 20.8. The summed E-state index contributed by atoms with van der Waals surface area (Å²) in [6.45, 7) is 4.96. The zero-order valence-electron chi connectivity index (χ0n) is 16.0. The van der Waals surface area contributed by atoms with Gasteiger partial charge >= 0.3 is 0 Å². The number of nitrogens with one attached hydrogen (secondary N) is 2. The molecule has 0 spiro atoms. The molecule has 6 nitrogen and oxygen atoms in total. The Balaban J connectivity index is 1.73. The number of thioether (sulfide) groups is 1. The van der Waals surface area contributed by atoms with Gasteiger partial charge in [-0.05, 0) is 41.5 Å². The molecule has 0 unspecified atom stereocenters. The average molecular weight is 417 g/mol. The zero-order chi connectivity index (χ0) is 19.9. The van der Waals surface area contributed by atoms with Gasteiger partial charge in [-0.2, -0.15) is 0 Å². The van der Waals surface area contributed by atoms with Gasteiger partial charge < -0.3 is 10.6 Å². The molecule has 0 bridgehead atoms. The van der Waals surface area contributed by atoms with Crippen molar-refractivity contribution < 1.29 is 4.79 Å². The molecule has 2 heterocycles. The number of rotatable bonds is 9. The summed E-state index contributed by atoms with van der Waals surface area (Å²) < 4.78 is 2.93. The van der Waals surface area contributed by atoms with Crippen molar-refractivity contribution in [2.75, 3.05) is 5.75 Å². The molecule has 0 radical (unpaired) electrons. The fraction of sp³-hybridized carbons (Fsp3) is 0.400. The van der Waals surface area contributed by atoms with Crippen molar-refractivity contribution in [2.24, 2.45) is 4.58 Å². The molecule has 2 aromatic rings. The minimum absolute atomic E-state index is 0.262. The van der Waals surface area contributed by atoms with Crippen LogP contribution in [0.25, 0.3) is 0 Å². The molecule has 1 aliphatic heterocycles. The first-order chi connectivity index (χ1) is 13.7. The molecular weight excluding hydrogens is 392 g/mol. The highest BCUT2D eigenvalue weighted by molar-refractivity contribution is 7.99. The summed E-state index contributed by atoms with van der Waals surface area (Å²) in [5.41, 5.74) is 3.41. The molecule has 0 saturated carbocycles. The highest BCUT2D eigenvalue weighted by atomic mass is 32.2. The SMILES string of the molecule is CCC[C@H]1NCc2cc(C(=O)N[C@@H](SN=O)c3ccc(SCC)cc3)cnc21. The summed E-state index contributed by atoms with van der Waals surface area (Å²) in [6.07, 6.45) is 3.72. The molecule has 0 fully saturated rings. The van der Waals surface area contributed by atoms with Crippen LogP contribution in [-0.2, 0) is 6.54 Å². The van der Waals surface area contributed by atoms with E-state index in [-0.39, 0.29) is 11.9 Å². The van der Waals surface area contributed by atoms with Gasteiger partial charge in [0.1, 0.15) is 5.37 Å². The third-order valence-electron chi connectivity index (χ3n) is 4.61. The summed E-state index contributed by atoms with van der Waals surface area (Å²) in [5.74, 6) is 0.728. The van der Waals surface area contributed by atoms with Crippen molar-refractivity contribution in [1.29, 1.82) is 0 Å². The second kappa shape index (κ2) is 10.0. The van der Waals surface area contributed by atoms with Crippen LogP contribution < -0.4 is 10.6 Å². The van der Waals surface area contributed by atoms with Crippen molar-refractivity contribution in [3.05, 3.63) is 63.8 Å². The topological polar surface area (TPSA) is 83.5 Å². The lowest BCUT2D eigenvalue weighted by molar-refractivity contribution is 0.0949. The number of hydrogen-bond donors (Lipinski definition) is 2. The molecule has 28 heavy (non-hydrogen) atoms. The molecular formula is C20H24N4O2S2. The van der Waals surface area contributed by atoms with Crippen LogP contribution >= 0.6 is 23.7 Å². The summed E-state index contributed by atoms with van der Waals surface area (Å²) in [6, 6.07) is 9.97. The number of nitroso groups, excluding NO2 is 1. The normalized spacial score (nSPS) is 16.4. The molecule has 1 aromatic heterocycles. The highest BCUT2D eigenvalue weighted by Gasteiger charge is 2.24. The van der Waals surface area contributed by atoms with Crippen molar-refractivity contribution >= 4 is 29.6 Å². The third-order valence-corrected chi connectivity index (χ3v) is 6.20. The molecule has 1 aromatic carbocycles. The molecule has 0 aliphatic carbocycles. The predicted octanol–water partition coefficient (Wildman–Crippen LogP) is 4.98. The third kappa shape index (κ3) is 4.92. The monoisotopic (exact) mass is 416 g/mol. The molecule has 1 amide bonds. The van der Waals surface area contributed by atoms with Gasteiger partial charge in [0, 0.05) is 22.2 Å². The zero-order valence-corrected chi connectivity index (χ0v) is 17.6. The molecule has 148 valence electrons. The predicted molar refractivity (Wildman–Crippen MR) is 115 cm³/mol. The van der Waals surface area contributed by atoms with Crippen molar-refractivity contribution in [2.45, 2.75) is 49.5 Å². The Morgan fingerprint density at radius 2 is 2.14 bits per heavy atom. The lowest BCUT2D eigenvalue weighted by Crippen LogP contribution is -2.26. The Hall–Kier alpha value is -1.90. The number of carbonyl (C=O) groups excluding carboxylic acids is 1. The van der Waals surface area contributed by atoms with Gasteiger partial charge in [-0.1, -0.05) is 32.4 Å². The van der Waals surface area contributed by atoms with Gasteiger partial charge in [-0.25, -0.2) is 0 Å². The number of aromatic nitrogens is 1. The largest absolute Gasteiger partial charge is 0.334 e. The molecule has 0 saturated heterocycles. The molecule has 1 aliphatic rings. The van der Waals surface area contributed by atoms with Crippen LogP contribution in [0.3, 0.4) is 0 Å². The highest BCUT2D eigenvalue weighted by Crippen LogP contribution is 2.30. The Kier molecular flexibility index (Phi) is 7.47. The van der Waals surface area contributed by atoms with Gasteiger partial charge in [-0.15, -0.1) is 16.7 Å². The van der Waals surface area contributed by atoms with E-state index in [9.17, 15) is 9.70 Å². The van der Waals surface area contributed by atoms with E-state index in [1.165, 1.54) is 0 Å². The Morgan fingerprint density at radius 3 is 2.82 bits per heavy atom. The second-order valence-corrected chi connectivity index (χ2v) is 8.69. The number of hydrogen-bond acceptors (Lipinski definition) is 7. The van der Waals surface area contributed by atoms with Crippen LogP contribution in [0.4, 0.5) is 0 Å². The number of fused-ring (bicyclic) bond motifs is 1. The first-order valence-electron chi connectivity index (χ1n) is 9.40. The maximum Gasteiger partial charge on any atom is 0.254 e. The van der Waals surface area contributed by atoms with Crippen LogP contribution in [0, 0.1) is 4.91 Å². The number of pyridine rings is 1. The number of amides is 1. The van der Waals surface area contributed by atoms with Crippen LogP contribution in [0.2, 0.25) is 0 Å². The lowest BCUT2D eigenvalue weighted by Gasteiger charge is -2.16. The summed E-state index contributed by atoms with van der Waals surface area (Å²) in [5, 5.41) is 5.79.